The minimum atomic E-state index is -2.55. The van der Waals surface area contributed by atoms with Gasteiger partial charge in [-0.1, -0.05) is 25.6 Å². The maximum Gasteiger partial charge on any atom is 0.248 e. The second kappa shape index (κ2) is 28.0. The summed E-state index contributed by atoms with van der Waals surface area (Å²) in [6.45, 7) is 2.07. The van der Waals surface area contributed by atoms with Gasteiger partial charge in [0.15, 0.2) is 76.0 Å². The molecule has 17 N–H and O–H groups in total. The molecule has 72 heavy (non-hydrogen) atoms. The lowest BCUT2D eigenvalue weighted by Crippen LogP contribution is -2.54. The van der Waals surface area contributed by atoms with Crippen LogP contribution < -0.4 is 61.0 Å². The van der Waals surface area contributed by atoms with Crippen molar-refractivity contribution in [2.45, 2.75) is 92.1 Å². The normalized spacial score (nSPS) is 19.2. The van der Waals surface area contributed by atoms with Crippen LogP contribution in [0.3, 0.4) is 0 Å². The molecule has 3 heterocycles. The number of nitrogens with zero attached hydrogens (tertiary/aromatic N) is 3. The highest BCUT2D eigenvalue weighted by molar-refractivity contribution is 8.00. The van der Waals surface area contributed by atoms with Gasteiger partial charge in [-0.15, -0.1) is 11.8 Å². The Labute approximate surface area is 415 Å². The Kier molecular flexibility index (Phi) is 23.3. The molecular formula is C42H56F8N14O6S2. The summed E-state index contributed by atoms with van der Waals surface area (Å²) in [7, 11) is 1.06. The molecule has 398 valence electrons. The highest BCUT2D eigenvalue weighted by Crippen LogP contribution is 2.42. The van der Waals surface area contributed by atoms with Crippen LogP contribution in [0.5, 0.6) is 0 Å². The molecule has 2 aromatic rings. The van der Waals surface area contributed by atoms with Crippen molar-refractivity contribution < 1.29 is 63.9 Å². The molecule has 0 aromatic heterocycles. The Balaban J connectivity index is 2.34. The van der Waals surface area contributed by atoms with Crippen LogP contribution in [0, 0.1) is 58.4 Å². The Bertz CT molecular complexity index is 2380. The van der Waals surface area contributed by atoms with Gasteiger partial charge in [-0.25, -0.2) is 35.1 Å². The maximum atomic E-state index is 15.8. The Hall–Kier alpha value is -6.43. The number of Topliss-reactive ketones (excluding diaryl/α,β-unsaturated/α-hetero) is 2. The first-order chi connectivity index (χ1) is 33.8. The third kappa shape index (κ3) is 16.6. The van der Waals surface area contributed by atoms with E-state index >= 15 is 35.1 Å². The molecule has 0 radical (unpaired) electrons. The summed E-state index contributed by atoms with van der Waals surface area (Å²) in [5, 5.41) is 9.82. The SMILES string of the molecule is CNC1Sc2c(F)c(F)c(c(F)c2F)-c2c(F)c(F)c(c(F)c2F)SCC(C(=O)NCC(=O)C(C)C)NC(=O)C(CCCN=C(N)N)CC(=O)C(CCCN=C(N)N)NC(=O)C(CCCN=C(N)N)NC1=O. The van der Waals surface area contributed by atoms with E-state index < -0.39 is 157 Å². The predicted molar refractivity (Wildman–Crippen MR) is 252 cm³/mol. The van der Waals surface area contributed by atoms with Gasteiger partial charge in [0.2, 0.25) is 23.6 Å². The molecule has 20 nitrogen and oxygen atoms in total. The molecule has 0 fully saturated rings. The van der Waals surface area contributed by atoms with Crippen LogP contribution in [-0.4, -0.2) is 116 Å². The van der Waals surface area contributed by atoms with Gasteiger partial charge < -0.3 is 61.0 Å². The van der Waals surface area contributed by atoms with E-state index in [-0.39, 0.29) is 99.6 Å². The molecule has 3 aliphatic heterocycles. The quantitative estimate of drug-likeness (QED) is 0.0342. The van der Waals surface area contributed by atoms with E-state index in [1.807, 2.05) is 0 Å². The summed E-state index contributed by atoms with van der Waals surface area (Å²) in [5.41, 5.74) is 28.2. The number of nitrogens with two attached hydrogens (primary N) is 6. The Morgan fingerprint density at radius 3 is 1.53 bits per heavy atom. The predicted octanol–water partition coefficient (Wildman–Crippen LogP) is 0.742. The number of thioether (sulfide) groups is 2. The second-order valence-electron chi connectivity index (χ2n) is 16.3. The summed E-state index contributed by atoms with van der Waals surface area (Å²) in [4.78, 5) is 90.9. The topological polar surface area (TPSA) is 356 Å². The number of hydrogen-bond donors (Lipinski definition) is 11. The number of nitrogens with one attached hydrogen (secondary N) is 5. The Morgan fingerprint density at radius 1 is 0.625 bits per heavy atom. The van der Waals surface area contributed by atoms with Crippen molar-refractivity contribution in [3.05, 3.63) is 46.5 Å². The molecule has 0 saturated carbocycles. The average Bonchev–Trinajstić information content (AvgIpc) is 3.31. The molecule has 5 atom stereocenters. The van der Waals surface area contributed by atoms with E-state index in [1.165, 1.54) is 13.8 Å². The van der Waals surface area contributed by atoms with E-state index in [4.69, 9.17) is 34.4 Å². The van der Waals surface area contributed by atoms with Crippen LogP contribution in [0.2, 0.25) is 0 Å². The third-order valence-corrected chi connectivity index (χ3v) is 13.0. The molecule has 0 aliphatic carbocycles. The van der Waals surface area contributed by atoms with Gasteiger partial charge in [0.25, 0.3) is 0 Å². The summed E-state index contributed by atoms with van der Waals surface area (Å²) in [5.74, 6) is -29.5. The van der Waals surface area contributed by atoms with Crippen molar-refractivity contribution in [2.24, 2.45) is 61.2 Å². The monoisotopic (exact) mass is 1070 g/mol. The third-order valence-electron chi connectivity index (χ3n) is 10.6. The van der Waals surface area contributed by atoms with Crippen LogP contribution in [-0.2, 0) is 28.8 Å². The van der Waals surface area contributed by atoms with Gasteiger partial charge in [-0.2, -0.15) is 0 Å². The van der Waals surface area contributed by atoms with Crippen LogP contribution >= 0.6 is 23.5 Å². The molecule has 30 heteroatoms. The largest absolute Gasteiger partial charge is 0.370 e. The number of ketones is 2. The van der Waals surface area contributed by atoms with E-state index in [0.29, 0.717) is 0 Å². The first kappa shape index (κ1) is 59.9. The lowest BCUT2D eigenvalue weighted by Gasteiger charge is -2.26. The van der Waals surface area contributed by atoms with E-state index in [2.05, 4.69) is 41.6 Å². The van der Waals surface area contributed by atoms with Gasteiger partial charge in [0.1, 0.15) is 17.5 Å². The molecule has 5 unspecified atom stereocenters. The van der Waals surface area contributed by atoms with Crippen molar-refractivity contribution in [3.63, 3.8) is 0 Å². The average molecular weight is 1070 g/mol. The number of halogens is 8. The fraction of sp³-hybridized carbons (Fsp3) is 0.500. The number of guanidine groups is 3. The van der Waals surface area contributed by atoms with Gasteiger partial charge in [-0.05, 0) is 45.6 Å². The summed E-state index contributed by atoms with van der Waals surface area (Å²) >= 11 is -0.354. The van der Waals surface area contributed by atoms with E-state index in [1.54, 1.807) is 0 Å². The number of hydrogen-bond acceptors (Lipinski definition) is 12. The molecule has 2 aromatic carbocycles. The van der Waals surface area contributed by atoms with Crippen LogP contribution in [0.25, 0.3) is 11.1 Å². The van der Waals surface area contributed by atoms with Crippen LogP contribution in [0.1, 0.15) is 58.8 Å². The zero-order valence-corrected chi connectivity index (χ0v) is 40.7. The minimum Gasteiger partial charge on any atom is -0.370 e. The van der Waals surface area contributed by atoms with Gasteiger partial charge in [0.05, 0.1) is 33.5 Å². The van der Waals surface area contributed by atoms with Crippen LogP contribution in [0.4, 0.5) is 35.1 Å². The van der Waals surface area contributed by atoms with Crippen molar-refractivity contribution in [1.29, 1.82) is 0 Å². The van der Waals surface area contributed by atoms with E-state index in [9.17, 15) is 28.8 Å². The van der Waals surface area contributed by atoms with Crippen molar-refractivity contribution >= 4 is 76.6 Å². The lowest BCUT2D eigenvalue weighted by molar-refractivity contribution is -0.135. The fourth-order valence-electron chi connectivity index (χ4n) is 6.76. The number of carbonyl (C=O) groups is 6. The summed E-state index contributed by atoms with van der Waals surface area (Å²) in [6, 6.07) is -5.07. The van der Waals surface area contributed by atoms with Gasteiger partial charge in [-0.3, -0.25) is 43.7 Å². The molecule has 4 bridgehead atoms. The Morgan fingerprint density at radius 2 is 1.07 bits per heavy atom. The molecule has 0 saturated heterocycles. The zero-order valence-electron chi connectivity index (χ0n) is 39.0. The van der Waals surface area contributed by atoms with E-state index in [0.717, 1.165) is 7.05 Å². The van der Waals surface area contributed by atoms with Crippen molar-refractivity contribution in [1.82, 2.24) is 26.6 Å². The number of likely N-dealkylation sites (N-methyl/N-ethyl adjacent to an activating group) is 1. The summed E-state index contributed by atoms with van der Waals surface area (Å²) < 4.78 is 127. The zero-order chi connectivity index (χ0) is 54.1. The first-order valence-corrected chi connectivity index (χ1v) is 23.8. The number of fused-ring (bicyclic) bond motifs is 2. The standard InChI is InChI=1S/C42H56F8N14O6S2/c1-16(2)22(66)14-61-36(68)20-15-71-33-29(47)25(43)23(26(44)30(33)48)24-27(45)31(49)34(32(50)28(24)46)72-39(57-3)38(70)63-19(9-6-12-60-42(55)56)37(69)62-18(8-5-11-59-41(53)54)21(65)13-17(35(67)64-20)7-4-10-58-40(51)52/h16-20,39,57H,4-15H2,1-3H3,(H,61,68)(H,62,69)(H,63,70)(H,64,67)(H4,51,52,58)(H4,53,54,59)(H4,55,56,60). The molecule has 0 spiro atoms. The smallest absolute Gasteiger partial charge is 0.248 e. The first-order valence-electron chi connectivity index (χ1n) is 21.9. The fourth-order valence-corrected chi connectivity index (χ4v) is 8.68. The molecule has 4 amide bonds. The van der Waals surface area contributed by atoms with Crippen molar-refractivity contribution in [3.8, 4) is 11.1 Å². The lowest BCUT2D eigenvalue weighted by atomic mass is 9.91. The van der Waals surface area contributed by atoms with Crippen LogP contribution in [0.15, 0.2) is 24.8 Å². The minimum absolute atomic E-state index is 0.00662. The number of benzene rings is 2. The molecule has 5 rings (SSSR count). The maximum absolute atomic E-state index is 15.8. The number of carbonyl (C=O) groups excluding carboxylic acids is 6. The summed E-state index contributed by atoms with van der Waals surface area (Å²) in [6.07, 6.45) is -1.45. The number of amides is 4. The van der Waals surface area contributed by atoms with Crippen molar-refractivity contribution in [2.75, 3.05) is 39.0 Å². The highest BCUT2D eigenvalue weighted by atomic mass is 32.2. The van der Waals surface area contributed by atoms with Gasteiger partial charge >= 0.3 is 0 Å². The number of aliphatic imine (C=N–C) groups is 3. The second-order valence-corrected chi connectivity index (χ2v) is 18.4. The number of rotatable bonds is 17. The van der Waals surface area contributed by atoms with Gasteiger partial charge in [0, 0.05) is 43.6 Å². The molecule has 3 aliphatic rings. The molecular weight excluding hydrogens is 1010 g/mol. The highest BCUT2D eigenvalue weighted by Gasteiger charge is 2.38.